The number of aromatic nitrogens is 1. The maximum Gasteiger partial charge on any atom is 0.189 e. The molecule has 4 heteroatoms. The molecule has 4 nitrogen and oxygen atoms in total. The predicted octanol–water partition coefficient (Wildman–Crippen LogP) is 4.48. The Kier molecular flexibility index (Phi) is 3.73. The van der Waals surface area contributed by atoms with Gasteiger partial charge in [-0.25, -0.2) is 0 Å². The summed E-state index contributed by atoms with van der Waals surface area (Å²) in [6.07, 6.45) is 2.49. The van der Waals surface area contributed by atoms with Gasteiger partial charge in [0.15, 0.2) is 5.78 Å². The minimum atomic E-state index is 0.0530. The number of methoxy groups -OCH3 is 1. The molecule has 1 aliphatic carbocycles. The Morgan fingerprint density at radius 1 is 1.16 bits per heavy atom. The number of allylic oxidation sites excluding steroid dienone is 1. The van der Waals surface area contributed by atoms with Gasteiger partial charge in [-0.05, 0) is 36.8 Å². The summed E-state index contributed by atoms with van der Waals surface area (Å²) in [4.78, 5) is 12.7. The lowest BCUT2D eigenvalue weighted by molar-refractivity contribution is 0.104. The van der Waals surface area contributed by atoms with E-state index >= 15 is 0 Å². The van der Waals surface area contributed by atoms with E-state index in [9.17, 15) is 4.79 Å². The quantitative estimate of drug-likeness (QED) is 0.664. The van der Waals surface area contributed by atoms with E-state index in [2.05, 4.69) is 5.16 Å². The van der Waals surface area contributed by atoms with Crippen LogP contribution in [0.5, 0.6) is 5.75 Å². The van der Waals surface area contributed by atoms with Gasteiger partial charge in [-0.1, -0.05) is 35.5 Å². The van der Waals surface area contributed by atoms with Gasteiger partial charge in [0.2, 0.25) is 0 Å². The second-order valence-corrected chi connectivity index (χ2v) is 6.07. The van der Waals surface area contributed by atoms with E-state index in [-0.39, 0.29) is 5.78 Å². The fourth-order valence-corrected chi connectivity index (χ4v) is 3.17. The normalized spacial score (nSPS) is 14.8. The molecule has 0 unspecified atom stereocenters. The number of aryl methyl sites for hydroxylation is 1. The fourth-order valence-electron chi connectivity index (χ4n) is 3.17. The molecule has 0 radical (unpaired) electrons. The first-order valence-corrected chi connectivity index (χ1v) is 8.11. The first-order valence-electron chi connectivity index (χ1n) is 8.11. The highest BCUT2D eigenvalue weighted by Crippen LogP contribution is 2.33. The summed E-state index contributed by atoms with van der Waals surface area (Å²) in [5.41, 5.74) is 5.05. The summed E-state index contributed by atoms with van der Waals surface area (Å²) in [5, 5.41) is 4.18. The Balaban J connectivity index is 1.76. The lowest BCUT2D eigenvalue weighted by Crippen LogP contribution is -1.96. The summed E-state index contributed by atoms with van der Waals surface area (Å²) in [6, 6.07) is 15.4. The van der Waals surface area contributed by atoms with Gasteiger partial charge in [0.05, 0.1) is 7.11 Å². The molecule has 0 aliphatic heterocycles. The SMILES string of the molecule is COc1ccc2c(c1)CC(=Cc1c(-c3ccccc3)noc1C)C2=O. The minimum Gasteiger partial charge on any atom is -0.497 e. The standard InChI is InChI=1S/C21H17NO3/c1-13-19(20(22-25-13)14-6-4-3-5-7-14)12-16-10-15-11-17(24-2)8-9-18(15)21(16)23/h3-9,11-12H,10H2,1-2H3. The number of benzene rings is 2. The molecule has 3 aromatic rings. The van der Waals surface area contributed by atoms with E-state index in [1.807, 2.05) is 61.5 Å². The smallest absolute Gasteiger partial charge is 0.189 e. The fraction of sp³-hybridized carbons (Fsp3) is 0.143. The van der Waals surface area contributed by atoms with Crippen molar-refractivity contribution in [1.82, 2.24) is 5.16 Å². The van der Waals surface area contributed by atoms with E-state index in [0.29, 0.717) is 12.2 Å². The van der Waals surface area contributed by atoms with Gasteiger partial charge in [-0.15, -0.1) is 0 Å². The largest absolute Gasteiger partial charge is 0.497 e. The molecule has 0 atom stereocenters. The number of ketones is 1. The number of nitrogens with zero attached hydrogens (tertiary/aromatic N) is 1. The van der Waals surface area contributed by atoms with Crippen molar-refractivity contribution in [1.29, 1.82) is 0 Å². The van der Waals surface area contributed by atoms with Gasteiger partial charge < -0.3 is 9.26 Å². The number of fused-ring (bicyclic) bond motifs is 1. The molecule has 0 bridgehead atoms. The third-order valence-corrected chi connectivity index (χ3v) is 4.50. The van der Waals surface area contributed by atoms with Crippen molar-refractivity contribution in [2.45, 2.75) is 13.3 Å². The summed E-state index contributed by atoms with van der Waals surface area (Å²) < 4.78 is 10.6. The number of rotatable bonds is 3. The van der Waals surface area contributed by atoms with Crippen LogP contribution in [0.15, 0.2) is 58.6 Å². The monoisotopic (exact) mass is 331 g/mol. The van der Waals surface area contributed by atoms with Crippen LogP contribution in [0, 0.1) is 6.92 Å². The van der Waals surface area contributed by atoms with Crippen LogP contribution in [0.3, 0.4) is 0 Å². The van der Waals surface area contributed by atoms with Crippen molar-refractivity contribution in [3.05, 3.63) is 76.6 Å². The molecule has 0 spiro atoms. The Bertz CT molecular complexity index is 984. The molecule has 0 amide bonds. The molecule has 0 saturated carbocycles. The molecule has 1 aromatic heterocycles. The van der Waals surface area contributed by atoms with Gasteiger partial charge in [0.1, 0.15) is 17.2 Å². The van der Waals surface area contributed by atoms with Crippen molar-refractivity contribution >= 4 is 11.9 Å². The van der Waals surface area contributed by atoms with E-state index in [4.69, 9.17) is 9.26 Å². The second-order valence-electron chi connectivity index (χ2n) is 6.07. The van der Waals surface area contributed by atoms with Gasteiger partial charge in [-0.3, -0.25) is 4.79 Å². The molecule has 1 heterocycles. The first-order chi connectivity index (χ1) is 12.2. The van der Waals surface area contributed by atoms with Crippen LogP contribution in [0.25, 0.3) is 17.3 Å². The summed E-state index contributed by atoms with van der Waals surface area (Å²) in [7, 11) is 1.63. The average molecular weight is 331 g/mol. The maximum atomic E-state index is 12.7. The van der Waals surface area contributed by atoms with Crippen LogP contribution >= 0.6 is 0 Å². The Hall–Kier alpha value is -3.14. The van der Waals surface area contributed by atoms with Gasteiger partial charge >= 0.3 is 0 Å². The van der Waals surface area contributed by atoms with Gasteiger partial charge in [0.25, 0.3) is 0 Å². The van der Waals surface area contributed by atoms with E-state index < -0.39 is 0 Å². The highest BCUT2D eigenvalue weighted by atomic mass is 16.5. The first kappa shape index (κ1) is 15.4. The van der Waals surface area contributed by atoms with E-state index in [1.54, 1.807) is 7.11 Å². The zero-order chi connectivity index (χ0) is 17.4. The highest BCUT2D eigenvalue weighted by molar-refractivity contribution is 6.15. The second kappa shape index (κ2) is 6.06. The predicted molar refractivity (Wildman–Crippen MR) is 95.7 cm³/mol. The molecule has 25 heavy (non-hydrogen) atoms. The molecular formula is C21H17NO3. The third kappa shape index (κ3) is 2.66. The number of Topliss-reactive ketones (excluding diaryl/α,β-unsaturated/α-hetero) is 1. The molecule has 4 rings (SSSR count). The minimum absolute atomic E-state index is 0.0530. The molecule has 124 valence electrons. The average Bonchev–Trinajstić information content (AvgIpc) is 3.16. The zero-order valence-electron chi connectivity index (χ0n) is 14.1. The number of ether oxygens (including phenoxy) is 1. The highest BCUT2D eigenvalue weighted by Gasteiger charge is 2.26. The van der Waals surface area contributed by atoms with E-state index in [1.165, 1.54) is 0 Å². The van der Waals surface area contributed by atoms with Crippen LogP contribution in [0.4, 0.5) is 0 Å². The van der Waals surface area contributed by atoms with Crippen molar-refractivity contribution in [2.24, 2.45) is 0 Å². The number of hydrogen-bond donors (Lipinski definition) is 0. The van der Waals surface area contributed by atoms with Crippen LogP contribution in [0.2, 0.25) is 0 Å². The molecule has 0 fully saturated rings. The molecule has 0 saturated heterocycles. The van der Waals surface area contributed by atoms with Crippen molar-refractivity contribution < 1.29 is 14.1 Å². The zero-order valence-corrected chi connectivity index (χ0v) is 14.1. The summed E-state index contributed by atoms with van der Waals surface area (Å²) in [5.74, 6) is 1.52. The number of carbonyl (C=O) groups excluding carboxylic acids is 1. The van der Waals surface area contributed by atoms with Crippen LogP contribution in [-0.2, 0) is 6.42 Å². The molecule has 0 N–H and O–H groups in total. The molecule has 1 aliphatic rings. The van der Waals surface area contributed by atoms with Crippen molar-refractivity contribution in [2.75, 3.05) is 7.11 Å². The number of carbonyl (C=O) groups is 1. The van der Waals surface area contributed by atoms with Crippen molar-refractivity contribution in [3.63, 3.8) is 0 Å². The summed E-state index contributed by atoms with van der Waals surface area (Å²) in [6.45, 7) is 1.86. The van der Waals surface area contributed by atoms with Crippen LogP contribution in [0.1, 0.15) is 27.2 Å². The Labute approximate surface area is 145 Å². The van der Waals surface area contributed by atoms with Crippen LogP contribution in [-0.4, -0.2) is 18.0 Å². The Morgan fingerprint density at radius 3 is 2.72 bits per heavy atom. The third-order valence-electron chi connectivity index (χ3n) is 4.50. The molecule has 2 aromatic carbocycles. The van der Waals surface area contributed by atoms with Crippen molar-refractivity contribution in [3.8, 4) is 17.0 Å². The van der Waals surface area contributed by atoms with E-state index in [0.717, 1.165) is 39.3 Å². The summed E-state index contributed by atoms with van der Waals surface area (Å²) >= 11 is 0. The van der Waals surface area contributed by atoms with Crippen LogP contribution < -0.4 is 4.74 Å². The Morgan fingerprint density at radius 2 is 1.96 bits per heavy atom. The topological polar surface area (TPSA) is 52.3 Å². The number of hydrogen-bond acceptors (Lipinski definition) is 4. The lowest BCUT2D eigenvalue weighted by atomic mass is 10.0. The molecular weight excluding hydrogens is 314 g/mol. The lowest BCUT2D eigenvalue weighted by Gasteiger charge is -2.01. The maximum absolute atomic E-state index is 12.7. The van der Waals surface area contributed by atoms with Gasteiger partial charge in [0, 0.05) is 28.7 Å². The van der Waals surface area contributed by atoms with Gasteiger partial charge in [-0.2, -0.15) is 0 Å².